The van der Waals surface area contributed by atoms with Crippen molar-refractivity contribution < 1.29 is 4.79 Å². The summed E-state index contributed by atoms with van der Waals surface area (Å²) >= 11 is 0. The maximum atomic E-state index is 11.2. The van der Waals surface area contributed by atoms with Crippen molar-refractivity contribution in [2.45, 2.75) is 20.8 Å². The minimum atomic E-state index is 0.0561. The summed E-state index contributed by atoms with van der Waals surface area (Å²) in [5.41, 5.74) is 2.40. The van der Waals surface area contributed by atoms with Crippen LogP contribution in [0.15, 0.2) is 29.3 Å². The average Bonchev–Trinajstić information content (AvgIpc) is 2.03. The lowest BCUT2D eigenvalue weighted by Crippen LogP contribution is -1.92. The van der Waals surface area contributed by atoms with Gasteiger partial charge >= 0.3 is 0 Å². The van der Waals surface area contributed by atoms with E-state index >= 15 is 0 Å². The van der Waals surface area contributed by atoms with Gasteiger partial charge in [-0.15, -0.1) is 0 Å². The molecule has 2 nitrogen and oxygen atoms in total. The van der Waals surface area contributed by atoms with Crippen LogP contribution >= 0.6 is 0 Å². The van der Waals surface area contributed by atoms with Crippen molar-refractivity contribution in [1.82, 2.24) is 0 Å². The van der Waals surface area contributed by atoms with Crippen molar-refractivity contribution >= 4 is 17.2 Å². The van der Waals surface area contributed by atoms with E-state index in [0.29, 0.717) is 5.56 Å². The molecule has 0 aliphatic rings. The first-order valence-electron chi connectivity index (χ1n) is 4.23. The molecule has 1 rings (SSSR count). The summed E-state index contributed by atoms with van der Waals surface area (Å²) in [6.45, 7) is 5.38. The molecule has 2 heteroatoms. The first-order valence-corrected chi connectivity index (χ1v) is 4.23. The summed E-state index contributed by atoms with van der Waals surface area (Å²) in [4.78, 5) is 15.5. The number of carbonyl (C=O) groups is 1. The third-order valence-electron chi connectivity index (χ3n) is 1.63. The number of ketones is 1. The van der Waals surface area contributed by atoms with Crippen molar-refractivity contribution in [3.63, 3.8) is 0 Å². The fourth-order valence-electron chi connectivity index (χ4n) is 1.11. The quantitative estimate of drug-likeness (QED) is 0.502. The molecule has 0 atom stereocenters. The number of nitrogens with zero attached hydrogens (tertiary/aromatic N) is 1. The van der Waals surface area contributed by atoms with Crippen LogP contribution in [0.1, 0.15) is 31.1 Å². The van der Waals surface area contributed by atoms with E-state index in [0.717, 1.165) is 11.4 Å². The molecule has 0 saturated heterocycles. The van der Waals surface area contributed by atoms with Gasteiger partial charge in [0.05, 0.1) is 5.69 Å². The standard InChI is InChI=1S/C11H13NO/c1-8(2)12-11-7-5-4-6-10(11)9(3)13/h4-7H,1-3H3. The SMILES string of the molecule is CC(=O)c1ccccc1N=C(C)C. The molecule has 13 heavy (non-hydrogen) atoms. The van der Waals surface area contributed by atoms with E-state index in [1.807, 2.05) is 32.0 Å². The molecule has 0 aliphatic heterocycles. The first-order chi connectivity index (χ1) is 6.11. The van der Waals surface area contributed by atoms with E-state index in [2.05, 4.69) is 4.99 Å². The van der Waals surface area contributed by atoms with Crippen LogP contribution in [0.3, 0.4) is 0 Å². The molecule has 0 bridgehead atoms. The molecule has 0 fully saturated rings. The van der Waals surface area contributed by atoms with Gasteiger partial charge in [-0.2, -0.15) is 0 Å². The Hall–Kier alpha value is -1.44. The number of para-hydroxylation sites is 1. The predicted molar refractivity (Wildman–Crippen MR) is 54.9 cm³/mol. The van der Waals surface area contributed by atoms with Crippen LogP contribution in [0.25, 0.3) is 0 Å². The number of carbonyl (C=O) groups excluding carboxylic acids is 1. The molecule has 0 radical (unpaired) electrons. The lowest BCUT2D eigenvalue weighted by molar-refractivity contribution is 0.101. The molecular weight excluding hydrogens is 162 g/mol. The first kappa shape index (κ1) is 9.65. The molecule has 68 valence electrons. The second-order valence-electron chi connectivity index (χ2n) is 3.13. The Morgan fingerprint density at radius 3 is 2.31 bits per heavy atom. The second kappa shape index (κ2) is 3.99. The van der Waals surface area contributed by atoms with Crippen molar-refractivity contribution in [3.8, 4) is 0 Å². The summed E-state index contributed by atoms with van der Waals surface area (Å²) in [7, 11) is 0. The number of Topliss-reactive ketones (excluding diaryl/α,β-unsaturated/α-hetero) is 1. The largest absolute Gasteiger partial charge is 0.294 e. The molecule has 0 heterocycles. The molecule has 0 aromatic heterocycles. The Balaban J connectivity index is 3.20. The van der Waals surface area contributed by atoms with Gasteiger partial charge in [-0.25, -0.2) is 0 Å². The lowest BCUT2D eigenvalue weighted by atomic mass is 10.1. The summed E-state index contributed by atoms with van der Waals surface area (Å²) in [6, 6.07) is 7.38. The van der Waals surface area contributed by atoms with Crippen LogP contribution in [0.2, 0.25) is 0 Å². The second-order valence-corrected chi connectivity index (χ2v) is 3.13. The topological polar surface area (TPSA) is 29.4 Å². The Morgan fingerprint density at radius 2 is 1.77 bits per heavy atom. The highest BCUT2D eigenvalue weighted by Crippen LogP contribution is 2.19. The van der Waals surface area contributed by atoms with Gasteiger partial charge in [0.2, 0.25) is 0 Å². The van der Waals surface area contributed by atoms with Crippen LogP contribution in [0, 0.1) is 0 Å². The normalized spacial score (nSPS) is 9.46. The van der Waals surface area contributed by atoms with Gasteiger partial charge in [0.1, 0.15) is 0 Å². The Labute approximate surface area is 78.3 Å². The number of hydrogen-bond acceptors (Lipinski definition) is 2. The Bertz CT molecular complexity index is 349. The number of benzene rings is 1. The minimum absolute atomic E-state index is 0.0561. The highest BCUT2D eigenvalue weighted by Gasteiger charge is 2.03. The van der Waals surface area contributed by atoms with Crippen molar-refractivity contribution in [2.75, 3.05) is 0 Å². The molecule has 0 spiro atoms. The molecule has 0 amide bonds. The van der Waals surface area contributed by atoms with E-state index in [4.69, 9.17) is 0 Å². The molecule has 0 unspecified atom stereocenters. The van der Waals surface area contributed by atoms with Gasteiger partial charge in [0, 0.05) is 11.3 Å². The van der Waals surface area contributed by atoms with Crippen LogP contribution in [0.4, 0.5) is 5.69 Å². The number of rotatable bonds is 2. The summed E-state index contributed by atoms with van der Waals surface area (Å²) in [5, 5.41) is 0. The summed E-state index contributed by atoms with van der Waals surface area (Å²) in [6.07, 6.45) is 0. The van der Waals surface area contributed by atoms with Gasteiger partial charge in [0.25, 0.3) is 0 Å². The van der Waals surface area contributed by atoms with Crippen LogP contribution < -0.4 is 0 Å². The summed E-state index contributed by atoms with van der Waals surface area (Å²) < 4.78 is 0. The van der Waals surface area contributed by atoms with Crippen LogP contribution in [0.5, 0.6) is 0 Å². The van der Waals surface area contributed by atoms with E-state index in [1.165, 1.54) is 0 Å². The Morgan fingerprint density at radius 1 is 1.15 bits per heavy atom. The van der Waals surface area contributed by atoms with Crippen molar-refractivity contribution in [1.29, 1.82) is 0 Å². The molecule has 0 aliphatic carbocycles. The van der Waals surface area contributed by atoms with Gasteiger partial charge in [-0.05, 0) is 32.9 Å². The van der Waals surface area contributed by atoms with E-state index in [1.54, 1.807) is 13.0 Å². The highest BCUT2D eigenvalue weighted by molar-refractivity contribution is 6.00. The van der Waals surface area contributed by atoms with Gasteiger partial charge in [-0.3, -0.25) is 9.79 Å². The van der Waals surface area contributed by atoms with Crippen LogP contribution in [-0.4, -0.2) is 11.5 Å². The predicted octanol–water partition coefficient (Wildman–Crippen LogP) is 3.00. The highest BCUT2D eigenvalue weighted by atomic mass is 16.1. The van der Waals surface area contributed by atoms with Crippen molar-refractivity contribution in [3.05, 3.63) is 29.8 Å². The molecular formula is C11H13NO. The zero-order valence-corrected chi connectivity index (χ0v) is 8.16. The monoisotopic (exact) mass is 175 g/mol. The van der Waals surface area contributed by atoms with Gasteiger partial charge in [-0.1, -0.05) is 12.1 Å². The average molecular weight is 175 g/mol. The molecule has 1 aromatic rings. The van der Waals surface area contributed by atoms with Gasteiger partial charge in [0.15, 0.2) is 5.78 Å². The fraction of sp³-hybridized carbons (Fsp3) is 0.273. The van der Waals surface area contributed by atoms with Crippen molar-refractivity contribution in [2.24, 2.45) is 4.99 Å². The third kappa shape index (κ3) is 2.51. The zero-order valence-electron chi connectivity index (χ0n) is 8.16. The van der Waals surface area contributed by atoms with E-state index in [-0.39, 0.29) is 5.78 Å². The number of aliphatic imine (C=N–C) groups is 1. The van der Waals surface area contributed by atoms with Gasteiger partial charge < -0.3 is 0 Å². The zero-order chi connectivity index (χ0) is 9.84. The summed E-state index contributed by atoms with van der Waals surface area (Å²) in [5.74, 6) is 0.0561. The third-order valence-corrected chi connectivity index (χ3v) is 1.63. The smallest absolute Gasteiger partial charge is 0.161 e. The van der Waals surface area contributed by atoms with Crippen LogP contribution in [-0.2, 0) is 0 Å². The fourth-order valence-corrected chi connectivity index (χ4v) is 1.11. The number of hydrogen-bond donors (Lipinski definition) is 0. The lowest BCUT2D eigenvalue weighted by Gasteiger charge is -2.00. The molecule has 0 saturated carbocycles. The maximum absolute atomic E-state index is 11.2. The van der Waals surface area contributed by atoms with E-state index in [9.17, 15) is 4.79 Å². The maximum Gasteiger partial charge on any atom is 0.161 e. The molecule has 1 aromatic carbocycles. The molecule has 0 N–H and O–H groups in total. The minimum Gasteiger partial charge on any atom is -0.294 e. The van der Waals surface area contributed by atoms with E-state index < -0.39 is 0 Å². The Kier molecular flexibility index (Phi) is 2.96.